The number of hydrogen-bond donors (Lipinski definition) is 0. The number of rotatable bonds is 0. The standard InChI is InChI=1S/C18H5Br5N2O/c19-7-5-4-6-2-1-3-8-9(6)16(7)24-17-10-11(18(26)25(8)17)13(21)15(23)14(22)12(10)20/h1-5H. The van der Waals surface area contributed by atoms with Gasteiger partial charge in [-0.2, -0.15) is 0 Å². The smallest absolute Gasteiger partial charge is 0.266 e. The number of carbonyl (C=O) groups excluding carboxylic acids is 1. The van der Waals surface area contributed by atoms with Gasteiger partial charge in [-0.05, 0) is 97.2 Å². The van der Waals surface area contributed by atoms with Crippen molar-refractivity contribution in [1.29, 1.82) is 0 Å². The molecule has 3 nitrogen and oxygen atoms in total. The Labute approximate surface area is 190 Å². The summed E-state index contributed by atoms with van der Waals surface area (Å²) in [6.07, 6.45) is 0. The van der Waals surface area contributed by atoms with Gasteiger partial charge in [0.25, 0.3) is 5.91 Å². The fraction of sp³-hybridized carbons (Fsp3) is 0. The number of benzene rings is 3. The summed E-state index contributed by atoms with van der Waals surface area (Å²) >= 11 is 17.9. The summed E-state index contributed by atoms with van der Waals surface area (Å²) in [7, 11) is 0. The van der Waals surface area contributed by atoms with Gasteiger partial charge < -0.3 is 0 Å². The molecule has 0 unspecified atom stereocenters. The quantitative estimate of drug-likeness (QED) is 0.179. The predicted molar refractivity (Wildman–Crippen MR) is 122 cm³/mol. The molecule has 0 fully saturated rings. The highest BCUT2D eigenvalue weighted by molar-refractivity contribution is 9.15. The van der Waals surface area contributed by atoms with Crippen LogP contribution in [-0.4, -0.2) is 11.7 Å². The zero-order valence-electron chi connectivity index (χ0n) is 12.6. The number of amides is 1. The highest BCUT2D eigenvalue weighted by atomic mass is 79.9. The maximum atomic E-state index is 13.3. The Hall–Kier alpha value is -0.540. The molecular weight excluding hydrogens is 660 g/mol. The molecule has 3 aromatic carbocycles. The van der Waals surface area contributed by atoms with Gasteiger partial charge >= 0.3 is 0 Å². The lowest BCUT2D eigenvalue weighted by atomic mass is 10.0. The van der Waals surface area contributed by atoms with E-state index in [1.165, 1.54) is 0 Å². The van der Waals surface area contributed by atoms with E-state index < -0.39 is 0 Å². The minimum atomic E-state index is -0.0994. The number of carbonyl (C=O) groups is 1. The lowest BCUT2D eigenvalue weighted by Crippen LogP contribution is -2.31. The second-order valence-electron chi connectivity index (χ2n) is 5.85. The summed E-state index contributed by atoms with van der Waals surface area (Å²) in [6.45, 7) is 0. The van der Waals surface area contributed by atoms with Crippen molar-refractivity contribution in [3.63, 3.8) is 0 Å². The average molecular weight is 665 g/mol. The van der Waals surface area contributed by atoms with Crippen LogP contribution in [0.4, 0.5) is 11.4 Å². The molecule has 0 spiro atoms. The first-order chi connectivity index (χ1) is 12.4. The molecule has 1 amide bonds. The number of fused-ring (bicyclic) bond motifs is 4. The van der Waals surface area contributed by atoms with E-state index in [0.29, 0.717) is 15.9 Å². The van der Waals surface area contributed by atoms with E-state index in [9.17, 15) is 4.79 Å². The maximum absolute atomic E-state index is 13.3. The molecule has 0 atom stereocenters. The Morgan fingerprint density at radius 3 is 2.23 bits per heavy atom. The molecule has 2 aliphatic rings. The SMILES string of the molecule is O=C1c2c(Br)c(Br)c(Br)c(Br)c2C2=Nc3c(Br)ccc4cccc(c34)N12. The predicted octanol–water partition coefficient (Wildman–Crippen LogP) is 7.70. The number of aliphatic imine (C=N–C) groups is 1. The zero-order chi connectivity index (χ0) is 18.3. The third kappa shape index (κ3) is 2.13. The first kappa shape index (κ1) is 17.6. The van der Waals surface area contributed by atoms with Crippen molar-refractivity contribution < 1.29 is 4.79 Å². The molecule has 2 heterocycles. The van der Waals surface area contributed by atoms with Crippen molar-refractivity contribution in [2.24, 2.45) is 4.99 Å². The van der Waals surface area contributed by atoms with Crippen LogP contribution in [0, 0.1) is 0 Å². The first-order valence-corrected chi connectivity index (χ1v) is 11.4. The van der Waals surface area contributed by atoms with Gasteiger partial charge in [-0.1, -0.05) is 18.2 Å². The highest BCUT2D eigenvalue weighted by Gasteiger charge is 2.42. The normalized spacial score (nSPS) is 14.6. The monoisotopic (exact) mass is 660 g/mol. The van der Waals surface area contributed by atoms with Gasteiger partial charge in [0.15, 0.2) is 0 Å². The van der Waals surface area contributed by atoms with Crippen LogP contribution >= 0.6 is 79.6 Å². The number of nitrogens with zero attached hydrogens (tertiary/aromatic N) is 2. The average Bonchev–Trinajstić information content (AvgIpc) is 2.94. The van der Waals surface area contributed by atoms with Crippen LogP contribution in [-0.2, 0) is 0 Å². The molecule has 5 rings (SSSR count). The minimum Gasteiger partial charge on any atom is -0.268 e. The molecular formula is C18H5Br5N2O. The second-order valence-corrected chi connectivity index (χ2v) is 9.88. The molecule has 0 saturated heterocycles. The van der Waals surface area contributed by atoms with E-state index in [1.54, 1.807) is 4.90 Å². The van der Waals surface area contributed by atoms with E-state index in [1.807, 2.05) is 30.3 Å². The van der Waals surface area contributed by atoms with Gasteiger partial charge in [-0.15, -0.1) is 0 Å². The van der Waals surface area contributed by atoms with Gasteiger partial charge in [0.05, 0.1) is 16.9 Å². The molecule has 0 aromatic heterocycles. The fourth-order valence-electron chi connectivity index (χ4n) is 3.41. The molecule has 0 radical (unpaired) electrons. The van der Waals surface area contributed by atoms with Crippen LogP contribution in [0.3, 0.4) is 0 Å². The van der Waals surface area contributed by atoms with Crippen molar-refractivity contribution in [2.75, 3.05) is 4.90 Å². The van der Waals surface area contributed by atoms with Crippen LogP contribution in [0.5, 0.6) is 0 Å². The summed E-state index contributed by atoms with van der Waals surface area (Å²) in [5.74, 6) is 0.523. The zero-order valence-corrected chi connectivity index (χ0v) is 20.5. The summed E-state index contributed by atoms with van der Waals surface area (Å²) in [4.78, 5) is 19.9. The maximum Gasteiger partial charge on any atom is 0.266 e. The molecule has 128 valence electrons. The number of anilines is 1. The lowest BCUT2D eigenvalue weighted by Gasteiger charge is -2.25. The van der Waals surface area contributed by atoms with E-state index in [-0.39, 0.29) is 5.91 Å². The Bertz CT molecular complexity index is 1220. The topological polar surface area (TPSA) is 32.7 Å². The molecule has 0 N–H and O–H groups in total. The van der Waals surface area contributed by atoms with E-state index in [4.69, 9.17) is 4.99 Å². The molecule has 3 aromatic rings. The number of hydrogen-bond acceptors (Lipinski definition) is 2. The molecule has 2 aliphatic heterocycles. The van der Waals surface area contributed by atoms with Crippen molar-refractivity contribution >= 4 is 114 Å². The van der Waals surface area contributed by atoms with Gasteiger partial charge in [-0.3, -0.25) is 9.69 Å². The molecule has 0 saturated carbocycles. The third-order valence-electron chi connectivity index (χ3n) is 4.53. The second kappa shape index (κ2) is 5.98. The van der Waals surface area contributed by atoms with Crippen molar-refractivity contribution in [3.8, 4) is 0 Å². The number of amidine groups is 1. The van der Waals surface area contributed by atoms with Crippen molar-refractivity contribution in [1.82, 2.24) is 0 Å². The van der Waals surface area contributed by atoms with Crippen molar-refractivity contribution in [2.45, 2.75) is 0 Å². The lowest BCUT2D eigenvalue weighted by molar-refractivity contribution is 0.101. The summed E-state index contributed by atoms with van der Waals surface area (Å²) < 4.78 is 4.02. The number of halogens is 5. The fourth-order valence-corrected chi connectivity index (χ4v) is 6.29. The van der Waals surface area contributed by atoms with Gasteiger partial charge in [-0.25, -0.2) is 4.99 Å². The van der Waals surface area contributed by atoms with E-state index >= 15 is 0 Å². The van der Waals surface area contributed by atoms with Crippen molar-refractivity contribution in [3.05, 3.63) is 63.8 Å². The Morgan fingerprint density at radius 2 is 1.50 bits per heavy atom. The first-order valence-electron chi connectivity index (χ1n) is 7.42. The van der Waals surface area contributed by atoms with Crippen LogP contribution in [0.25, 0.3) is 10.8 Å². The van der Waals surface area contributed by atoms with Gasteiger partial charge in [0.2, 0.25) is 0 Å². The Kier molecular flexibility index (Phi) is 4.03. The Balaban J connectivity index is 1.95. The summed E-state index contributed by atoms with van der Waals surface area (Å²) in [6, 6.07) is 9.97. The molecule has 26 heavy (non-hydrogen) atoms. The van der Waals surface area contributed by atoms with Crippen LogP contribution in [0.2, 0.25) is 0 Å². The largest absolute Gasteiger partial charge is 0.268 e. The Morgan fingerprint density at radius 1 is 0.808 bits per heavy atom. The molecule has 8 heteroatoms. The third-order valence-corrected chi connectivity index (χ3v) is 9.93. The van der Waals surface area contributed by atoms with Crippen LogP contribution in [0.1, 0.15) is 15.9 Å². The highest BCUT2D eigenvalue weighted by Crippen LogP contribution is 2.51. The van der Waals surface area contributed by atoms with Crippen LogP contribution < -0.4 is 4.90 Å². The van der Waals surface area contributed by atoms with Gasteiger partial charge in [0.1, 0.15) is 5.84 Å². The summed E-state index contributed by atoms with van der Waals surface area (Å²) in [5.41, 5.74) is 3.05. The molecule has 0 aliphatic carbocycles. The molecule has 0 bridgehead atoms. The minimum absolute atomic E-state index is 0.0994. The van der Waals surface area contributed by atoms with E-state index in [2.05, 4.69) is 79.6 Å². The van der Waals surface area contributed by atoms with Crippen LogP contribution in [0.15, 0.2) is 57.7 Å². The van der Waals surface area contributed by atoms with Gasteiger partial charge in [0, 0.05) is 33.3 Å². The van der Waals surface area contributed by atoms with E-state index in [0.717, 1.165) is 45.6 Å². The summed E-state index contributed by atoms with van der Waals surface area (Å²) in [5, 5.41) is 2.02.